The third-order valence-electron chi connectivity index (χ3n) is 6.28. The predicted molar refractivity (Wildman–Crippen MR) is 116 cm³/mol. The number of nitrogens with one attached hydrogen (secondary N) is 1. The van der Waals surface area contributed by atoms with Gasteiger partial charge < -0.3 is 14.4 Å². The van der Waals surface area contributed by atoms with Gasteiger partial charge in [0.05, 0.1) is 23.6 Å². The van der Waals surface area contributed by atoms with Crippen molar-refractivity contribution in [3.05, 3.63) is 29.8 Å². The van der Waals surface area contributed by atoms with E-state index in [-0.39, 0.29) is 17.2 Å². The van der Waals surface area contributed by atoms with Gasteiger partial charge in [0.15, 0.2) is 0 Å². The molecule has 4 rings (SSSR count). The number of morpholine rings is 1. The molecule has 3 aliphatic heterocycles. The fourth-order valence-corrected chi connectivity index (χ4v) is 6.23. The summed E-state index contributed by atoms with van der Waals surface area (Å²) in [5.74, 6) is 0. The zero-order chi connectivity index (χ0) is 22.5. The first-order valence-corrected chi connectivity index (χ1v) is 12.3. The van der Waals surface area contributed by atoms with Crippen molar-refractivity contribution in [2.45, 2.75) is 62.1 Å². The van der Waals surface area contributed by atoms with E-state index in [1.54, 1.807) is 17.0 Å². The molecule has 1 aromatic rings. The molecule has 0 radical (unpaired) electrons. The molecule has 8 nitrogen and oxygen atoms in total. The van der Waals surface area contributed by atoms with Crippen LogP contribution < -0.4 is 5.32 Å². The molecule has 172 valence electrons. The fourth-order valence-electron chi connectivity index (χ4n) is 4.62. The summed E-state index contributed by atoms with van der Waals surface area (Å²) in [4.78, 5) is 14.4. The third-order valence-corrected chi connectivity index (χ3v) is 8.08. The summed E-state index contributed by atoms with van der Waals surface area (Å²) in [5.41, 5.74) is -0.0949. The van der Waals surface area contributed by atoms with Crippen LogP contribution in [0.15, 0.2) is 29.2 Å². The molecule has 0 bridgehead atoms. The Labute approximate surface area is 184 Å². The van der Waals surface area contributed by atoms with Crippen molar-refractivity contribution in [2.75, 3.05) is 39.4 Å². The van der Waals surface area contributed by atoms with Gasteiger partial charge >= 0.3 is 6.09 Å². The van der Waals surface area contributed by atoms with Crippen LogP contribution in [0.25, 0.3) is 0 Å². The topological polar surface area (TPSA) is 88.2 Å². The van der Waals surface area contributed by atoms with Crippen LogP contribution in [0.3, 0.4) is 0 Å². The van der Waals surface area contributed by atoms with Crippen molar-refractivity contribution in [1.82, 2.24) is 14.5 Å². The van der Waals surface area contributed by atoms with Crippen molar-refractivity contribution in [1.29, 1.82) is 0 Å². The molecule has 3 saturated heterocycles. The highest BCUT2D eigenvalue weighted by Crippen LogP contribution is 2.36. The molecule has 2 spiro atoms. The molecule has 1 N–H and O–H groups in total. The Morgan fingerprint density at radius 2 is 1.65 bits per heavy atom. The molecule has 0 unspecified atom stereocenters. The van der Waals surface area contributed by atoms with Crippen LogP contribution in [0, 0.1) is 6.92 Å². The van der Waals surface area contributed by atoms with E-state index in [1.807, 2.05) is 39.8 Å². The normalized spacial score (nSPS) is 23.5. The Morgan fingerprint density at radius 3 is 2.23 bits per heavy atom. The minimum Gasteiger partial charge on any atom is -0.444 e. The number of amides is 1. The standard InChI is InChI=1S/C22H33N3O5S/c1-17-5-7-18(8-6-17)31(27,28)25-13-22(14-25)16-29-15-21(23-22)9-11-24(12-10-21)19(26)30-20(2,3)4/h5-8,23H,9-16H2,1-4H3. The number of nitrogens with zero attached hydrogens (tertiary/aromatic N) is 2. The number of hydrogen-bond donors (Lipinski definition) is 1. The maximum atomic E-state index is 13.0. The van der Waals surface area contributed by atoms with Crippen LogP contribution in [-0.2, 0) is 19.5 Å². The number of carbonyl (C=O) groups excluding carboxylic acids is 1. The van der Waals surface area contributed by atoms with E-state index < -0.39 is 15.6 Å². The minimum atomic E-state index is -3.51. The van der Waals surface area contributed by atoms with Crippen molar-refractivity contribution in [3.63, 3.8) is 0 Å². The number of benzene rings is 1. The van der Waals surface area contributed by atoms with Crippen molar-refractivity contribution in [2.24, 2.45) is 0 Å². The van der Waals surface area contributed by atoms with Gasteiger partial charge in [0.1, 0.15) is 5.60 Å². The summed E-state index contributed by atoms with van der Waals surface area (Å²) in [6.45, 7) is 10.6. The smallest absolute Gasteiger partial charge is 0.410 e. The number of aryl methyl sites for hydroxylation is 1. The SMILES string of the molecule is Cc1ccc(S(=O)(=O)N2CC3(COCC4(CCN(C(=O)OC(C)(C)C)CC4)N3)C2)cc1. The van der Waals surface area contributed by atoms with E-state index >= 15 is 0 Å². The monoisotopic (exact) mass is 451 g/mol. The zero-order valence-electron chi connectivity index (χ0n) is 18.8. The fraction of sp³-hybridized carbons (Fsp3) is 0.682. The average Bonchev–Trinajstić information content (AvgIpc) is 2.65. The lowest BCUT2D eigenvalue weighted by Crippen LogP contribution is -2.80. The lowest BCUT2D eigenvalue weighted by Gasteiger charge is -2.58. The van der Waals surface area contributed by atoms with E-state index in [0.717, 1.165) is 18.4 Å². The summed E-state index contributed by atoms with van der Waals surface area (Å²) in [6.07, 6.45) is 1.21. The Balaban J connectivity index is 1.37. The summed E-state index contributed by atoms with van der Waals surface area (Å²) in [7, 11) is -3.51. The molecular formula is C22H33N3O5S. The largest absolute Gasteiger partial charge is 0.444 e. The van der Waals surface area contributed by atoms with E-state index in [1.165, 1.54) is 4.31 Å². The Hall–Kier alpha value is -1.68. The molecule has 0 saturated carbocycles. The number of likely N-dealkylation sites (tertiary alicyclic amines) is 1. The highest BCUT2D eigenvalue weighted by atomic mass is 32.2. The number of hydrogen-bond acceptors (Lipinski definition) is 6. The summed E-state index contributed by atoms with van der Waals surface area (Å²) in [5, 5.41) is 3.74. The molecule has 0 aliphatic carbocycles. The Kier molecular flexibility index (Phi) is 5.61. The van der Waals surface area contributed by atoms with Crippen molar-refractivity contribution >= 4 is 16.1 Å². The minimum absolute atomic E-state index is 0.240. The van der Waals surface area contributed by atoms with E-state index in [4.69, 9.17) is 9.47 Å². The van der Waals surface area contributed by atoms with E-state index in [2.05, 4.69) is 5.32 Å². The lowest BCUT2D eigenvalue weighted by molar-refractivity contribution is -0.0994. The molecule has 1 amide bonds. The third kappa shape index (κ3) is 4.60. The highest BCUT2D eigenvalue weighted by molar-refractivity contribution is 7.89. The van der Waals surface area contributed by atoms with Gasteiger partial charge in [0, 0.05) is 31.7 Å². The van der Waals surface area contributed by atoms with Gasteiger partial charge in [0.25, 0.3) is 0 Å². The first kappa shape index (κ1) is 22.5. The van der Waals surface area contributed by atoms with Gasteiger partial charge in [-0.05, 0) is 52.7 Å². The molecule has 3 fully saturated rings. The second kappa shape index (κ2) is 7.72. The predicted octanol–water partition coefficient (Wildman–Crippen LogP) is 2.13. The summed E-state index contributed by atoms with van der Waals surface area (Å²) in [6, 6.07) is 6.96. The lowest BCUT2D eigenvalue weighted by atomic mass is 9.80. The van der Waals surface area contributed by atoms with Gasteiger partial charge in [-0.2, -0.15) is 4.31 Å². The maximum Gasteiger partial charge on any atom is 0.410 e. The molecule has 0 atom stereocenters. The van der Waals surface area contributed by atoms with Gasteiger partial charge in [-0.15, -0.1) is 0 Å². The van der Waals surface area contributed by atoms with Gasteiger partial charge in [-0.25, -0.2) is 13.2 Å². The summed E-state index contributed by atoms with van der Waals surface area (Å²) >= 11 is 0. The number of piperidine rings is 1. The molecule has 9 heteroatoms. The zero-order valence-corrected chi connectivity index (χ0v) is 19.6. The maximum absolute atomic E-state index is 13.0. The molecule has 3 heterocycles. The number of carbonyl (C=O) groups is 1. The first-order chi connectivity index (χ1) is 14.4. The number of sulfonamides is 1. The van der Waals surface area contributed by atoms with Crippen molar-refractivity contribution < 1.29 is 22.7 Å². The van der Waals surface area contributed by atoms with Crippen LogP contribution >= 0.6 is 0 Å². The Morgan fingerprint density at radius 1 is 1.06 bits per heavy atom. The molecular weight excluding hydrogens is 418 g/mol. The second-order valence-electron chi connectivity index (χ2n) is 10.2. The molecule has 31 heavy (non-hydrogen) atoms. The summed E-state index contributed by atoms with van der Waals surface area (Å²) < 4.78 is 38.9. The highest BCUT2D eigenvalue weighted by Gasteiger charge is 2.55. The molecule has 1 aromatic carbocycles. The number of ether oxygens (including phenoxy) is 2. The average molecular weight is 452 g/mol. The van der Waals surface area contributed by atoms with Crippen molar-refractivity contribution in [3.8, 4) is 0 Å². The van der Waals surface area contributed by atoms with E-state index in [0.29, 0.717) is 44.3 Å². The first-order valence-electron chi connectivity index (χ1n) is 10.8. The second-order valence-corrected chi connectivity index (χ2v) is 12.2. The van der Waals surface area contributed by atoms with Crippen LogP contribution in [0.5, 0.6) is 0 Å². The van der Waals surface area contributed by atoms with Gasteiger partial charge in [-0.3, -0.25) is 5.32 Å². The van der Waals surface area contributed by atoms with E-state index in [9.17, 15) is 13.2 Å². The van der Waals surface area contributed by atoms with Gasteiger partial charge in [0.2, 0.25) is 10.0 Å². The van der Waals surface area contributed by atoms with Gasteiger partial charge in [-0.1, -0.05) is 17.7 Å². The molecule has 3 aliphatic rings. The molecule has 0 aromatic heterocycles. The quantitative estimate of drug-likeness (QED) is 0.741. The Bertz CT molecular complexity index is 925. The van der Waals surface area contributed by atoms with Crippen LogP contribution in [-0.4, -0.2) is 79.8 Å². The number of rotatable bonds is 2. The van der Waals surface area contributed by atoms with Crippen LogP contribution in [0.4, 0.5) is 4.79 Å². The van der Waals surface area contributed by atoms with Crippen LogP contribution in [0.2, 0.25) is 0 Å². The van der Waals surface area contributed by atoms with Crippen LogP contribution in [0.1, 0.15) is 39.2 Å².